The van der Waals surface area contributed by atoms with Crippen molar-refractivity contribution in [2.45, 2.75) is 14.9 Å². The number of nitrogens with one attached hydrogen (secondary N) is 1. The van der Waals surface area contributed by atoms with Crippen LogP contribution in [-0.2, 0) is 0 Å². The van der Waals surface area contributed by atoms with Crippen LogP contribution in [0.2, 0.25) is 0 Å². The van der Waals surface area contributed by atoms with E-state index in [4.69, 9.17) is 28.9 Å². The number of amides is 1. The molecular formula is C10H16Cl2InN3O. The van der Waals surface area contributed by atoms with Gasteiger partial charge in [0.15, 0.2) is 0 Å². The molecule has 1 saturated heterocycles. The van der Waals surface area contributed by atoms with Gasteiger partial charge in [-0.15, -0.1) is 0 Å². The van der Waals surface area contributed by atoms with Crippen molar-refractivity contribution in [1.29, 1.82) is 0 Å². The van der Waals surface area contributed by atoms with E-state index >= 15 is 0 Å². The summed E-state index contributed by atoms with van der Waals surface area (Å²) in [6, 6.07) is 0. The molecule has 0 aromatic heterocycles. The van der Waals surface area contributed by atoms with Crippen LogP contribution in [0.4, 0.5) is 4.79 Å². The van der Waals surface area contributed by atoms with Gasteiger partial charge >= 0.3 is 120 Å². The van der Waals surface area contributed by atoms with Crippen molar-refractivity contribution in [3.63, 3.8) is 0 Å². The second kappa shape index (κ2) is 5.59. The molecule has 4 nitrogen and oxygen atoms in total. The van der Waals surface area contributed by atoms with E-state index < -0.39 is 23.5 Å². The number of carbonyl (C=O) groups excluding carboxylic acids is 1. The van der Waals surface area contributed by atoms with Gasteiger partial charge in [-0.3, -0.25) is 0 Å². The molecule has 2 rings (SSSR count). The van der Waals surface area contributed by atoms with Gasteiger partial charge in [-0.25, -0.2) is 0 Å². The number of hydrogen-bond donors (Lipinski definition) is 2. The number of alkyl halides is 2. The van der Waals surface area contributed by atoms with Crippen molar-refractivity contribution in [2.75, 3.05) is 26.2 Å². The van der Waals surface area contributed by atoms with Crippen LogP contribution in [0.1, 0.15) is 12.8 Å². The molecule has 2 aliphatic rings. The molecule has 0 aliphatic carbocycles. The molecule has 2 heterocycles. The fourth-order valence-electron chi connectivity index (χ4n) is 2.48. The standard InChI is InChI=1S/C9H14Cl2N2.CH2NO.In/c10-9(11)3-1-2-6-13-7-4-12-5-8-13;2-1-3;/h2,12H,1,3-5,7-8H2;(H2,2,3);. The Bertz CT molecular complexity index is 342. The van der Waals surface area contributed by atoms with Gasteiger partial charge in [-0.2, -0.15) is 0 Å². The van der Waals surface area contributed by atoms with Crippen LogP contribution in [0.3, 0.4) is 0 Å². The maximum atomic E-state index is 11.7. The van der Waals surface area contributed by atoms with Crippen molar-refractivity contribution in [1.82, 2.24) is 10.2 Å². The monoisotopic (exact) mass is 379 g/mol. The molecule has 2 aliphatic heterocycles. The topological polar surface area (TPSA) is 58.4 Å². The number of nitrogens with two attached hydrogens (primary N) is 1. The van der Waals surface area contributed by atoms with Crippen LogP contribution in [0.5, 0.6) is 0 Å². The third kappa shape index (κ3) is 3.06. The van der Waals surface area contributed by atoms with Crippen molar-refractivity contribution in [2.24, 2.45) is 5.73 Å². The van der Waals surface area contributed by atoms with Gasteiger partial charge in [0, 0.05) is 0 Å². The first-order valence-corrected chi connectivity index (χ1v) is 11.5. The van der Waals surface area contributed by atoms with E-state index in [0.29, 0.717) is 6.42 Å². The maximum absolute atomic E-state index is 11.7. The van der Waals surface area contributed by atoms with Gasteiger partial charge in [0.25, 0.3) is 0 Å². The number of hydrogen-bond acceptors (Lipinski definition) is 3. The predicted octanol–water partition coefficient (Wildman–Crippen LogP) is 0.977. The van der Waals surface area contributed by atoms with E-state index in [2.05, 4.69) is 16.3 Å². The molecule has 17 heavy (non-hydrogen) atoms. The van der Waals surface area contributed by atoms with Crippen LogP contribution >= 0.6 is 23.2 Å². The van der Waals surface area contributed by atoms with Crippen LogP contribution in [0.25, 0.3) is 0 Å². The van der Waals surface area contributed by atoms with E-state index in [1.54, 1.807) is 0 Å². The van der Waals surface area contributed by atoms with E-state index in [1.807, 2.05) is 0 Å². The second-order valence-electron chi connectivity index (χ2n) is 4.50. The van der Waals surface area contributed by atoms with Crippen LogP contribution < -0.4 is 11.1 Å². The Kier molecular flexibility index (Phi) is 4.55. The Morgan fingerprint density at radius 2 is 2.12 bits per heavy atom. The van der Waals surface area contributed by atoms with Crippen molar-refractivity contribution < 1.29 is 4.79 Å². The Hall–Kier alpha value is 0.420. The second-order valence-corrected chi connectivity index (χ2v) is 16.7. The first-order valence-electron chi connectivity index (χ1n) is 5.85. The van der Waals surface area contributed by atoms with Gasteiger partial charge in [0.2, 0.25) is 0 Å². The van der Waals surface area contributed by atoms with Gasteiger partial charge < -0.3 is 0 Å². The van der Waals surface area contributed by atoms with Crippen LogP contribution in [0.15, 0.2) is 9.53 Å². The van der Waals surface area contributed by atoms with Crippen LogP contribution in [-0.4, -0.2) is 58.3 Å². The molecule has 0 aromatic carbocycles. The van der Waals surface area contributed by atoms with Gasteiger partial charge in [0.05, 0.1) is 0 Å². The fraction of sp³-hybridized carbons (Fsp3) is 0.700. The quantitative estimate of drug-likeness (QED) is 0.703. The summed E-state index contributed by atoms with van der Waals surface area (Å²) in [4.78, 5) is 13.9. The zero-order valence-electron chi connectivity index (χ0n) is 9.59. The van der Waals surface area contributed by atoms with Gasteiger partial charge in [-0.05, 0) is 0 Å². The Morgan fingerprint density at radius 3 is 2.71 bits per heavy atom. The average molecular weight is 380 g/mol. The van der Waals surface area contributed by atoms with Crippen LogP contribution in [0, 0.1) is 0 Å². The molecule has 0 bridgehead atoms. The van der Waals surface area contributed by atoms with Gasteiger partial charge in [-0.1, -0.05) is 0 Å². The molecular weight excluding hydrogens is 364 g/mol. The van der Waals surface area contributed by atoms with Gasteiger partial charge in [0.1, 0.15) is 0 Å². The molecule has 3 N–H and O–H groups in total. The SMILES string of the molecule is N[C](=O)[In]1[C](N2CCNCC2)=CCC[C]1(Cl)Cl. The fourth-order valence-corrected chi connectivity index (χ4v) is 13.1. The minimum atomic E-state index is -2.97. The number of rotatable bonds is 2. The number of primary amides is 1. The third-order valence-corrected chi connectivity index (χ3v) is 14.9. The Labute approximate surface area is 119 Å². The van der Waals surface area contributed by atoms with E-state index in [1.165, 1.54) is 0 Å². The first-order chi connectivity index (χ1) is 8.02. The van der Waals surface area contributed by atoms with Crippen molar-refractivity contribution in [3.8, 4) is 0 Å². The molecule has 0 saturated carbocycles. The molecule has 0 atom stereocenters. The Balaban J connectivity index is 2.23. The number of halogens is 2. The summed E-state index contributed by atoms with van der Waals surface area (Å²) >= 11 is 9.67. The first kappa shape index (κ1) is 13.8. The third-order valence-electron chi connectivity index (χ3n) is 3.32. The summed E-state index contributed by atoms with van der Waals surface area (Å²) in [6.07, 6.45) is 3.64. The molecule has 0 spiro atoms. The zero-order valence-corrected chi connectivity index (χ0v) is 14.4. The molecule has 0 radical (unpaired) electrons. The van der Waals surface area contributed by atoms with E-state index in [0.717, 1.165) is 36.1 Å². The predicted molar refractivity (Wildman–Crippen MR) is 71.5 cm³/mol. The number of carbonyl (C=O) groups is 1. The molecule has 1 amide bonds. The summed E-state index contributed by atoms with van der Waals surface area (Å²) in [5.74, 6) is 0. The van der Waals surface area contributed by atoms with E-state index in [-0.39, 0.29) is 3.66 Å². The normalized spacial score (nSPS) is 24.5. The number of nitrogens with zero attached hydrogens (tertiary/aromatic N) is 1. The molecule has 7 heteroatoms. The molecule has 1 fully saturated rings. The average Bonchev–Trinajstić information content (AvgIpc) is 2.28. The summed E-state index contributed by atoms with van der Waals surface area (Å²) in [6.45, 7) is 3.70. The number of allylic oxidation sites excluding steroid dienone is 1. The summed E-state index contributed by atoms with van der Waals surface area (Å²) in [5.41, 5.74) is 5.54. The summed E-state index contributed by atoms with van der Waals surface area (Å²) in [5, 5.41) is 3.29. The zero-order chi connectivity index (χ0) is 12.5. The summed E-state index contributed by atoms with van der Waals surface area (Å²) < 4.78 is 0.0148. The summed E-state index contributed by atoms with van der Waals surface area (Å²) in [7, 11) is 0. The molecule has 0 aromatic rings. The van der Waals surface area contributed by atoms with Crippen molar-refractivity contribution >= 4 is 48.3 Å². The number of piperazine rings is 1. The van der Waals surface area contributed by atoms with Crippen molar-refractivity contribution in [3.05, 3.63) is 9.53 Å². The van der Waals surface area contributed by atoms with E-state index in [9.17, 15) is 4.79 Å². The molecule has 0 unspecified atom stereocenters. The Morgan fingerprint density at radius 1 is 1.47 bits per heavy atom. The minimum absolute atomic E-state index is 0.235. The molecule has 94 valence electrons.